The highest BCUT2D eigenvalue weighted by atomic mass is 16.5. The highest BCUT2D eigenvalue weighted by Crippen LogP contribution is 2.38. The van der Waals surface area contributed by atoms with Gasteiger partial charge in [-0.2, -0.15) is 0 Å². The van der Waals surface area contributed by atoms with Gasteiger partial charge in [-0.1, -0.05) is 13.8 Å². The normalized spacial score (nSPS) is 11.7. The molecule has 7 nitrogen and oxygen atoms in total. The lowest BCUT2D eigenvalue weighted by molar-refractivity contribution is -0.139. The molecule has 1 atom stereocenters. The number of nitrogens with one attached hydrogen (secondary N) is 1. The van der Waals surface area contributed by atoms with Crippen LogP contribution in [0.3, 0.4) is 0 Å². The third kappa shape index (κ3) is 4.77. The number of hydrogen-bond donors (Lipinski definition) is 2. The van der Waals surface area contributed by atoms with E-state index >= 15 is 0 Å². The second kappa shape index (κ2) is 8.26. The summed E-state index contributed by atoms with van der Waals surface area (Å²) in [7, 11) is 4.35. The van der Waals surface area contributed by atoms with Crippen molar-refractivity contribution in [2.75, 3.05) is 21.3 Å². The fourth-order valence-corrected chi connectivity index (χ4v) is 2.15. The van der Waals surface area contributed by atoms with E-state index in [0.717, 1.165) is 0 Å². The van der Waals surface area contributed by atoms with Gasteiger partial charge in [0.1, 0.15) is 6.04 Å². The van der Waals surface area contributed by atoms with Gasteiger partial charge in [0, 0.05) is 5.56 Å². The summed E-state index contributed by atoms with van der Waals surface area (Å²) in [5.74, 6) is -0.433. The molecule has 1 rings (SSSR count). The number of rotatable bonds is 8. The minimum Gasteiger partial charge on any atom is -0.493 e. The largest absolute Gasteiger partial charge is 0.493 e. The minimum absolute atomic E-state index is 0.135. The van der Waals surface area contributed by atoms with Crippen molar-refractivity contribution in [1.29, 1.82) is 0 Å². The number of methoxy groups -OCH3 is 3. The molecule has 1 aromatic carbocycles. The topological polar surface area (TPSA) is 94.1 Å². The quantitative estimate of drug-likeness (QED) is 0.758. The molecule has 0 fully saturated rings. The lowest BCUT2D eigenvalue weighted by atomic mass is 10.0. The summed E-state index contributed by atoms with van der Waals surface area (Å²) in [5.41, 5.74) is 0.231. The number of carboxylic acid groups (broad SMARTS) is 1. The summed E-state index contributed by atoms with van der Waals surface area (Å²) in [6, 6.07) is 2.00. The van der Waals surface area contributed by atoms with Crippen LogP contribution in [0.15, 0.2) is 12.1 Å². The van der Waals surface area contributed by atoms with Crippen LogP contribution in [0.2, 0.25) is 0 Å². The van der Waals surface area contributed by atoms with Gasteiger partial charge in [-0.3, -0.25) is 4.79 Å². The first-order valence-corrected chi connectivity index (χ1v) is 7.17. The van der Waals surface area contributed by atoms with Crippen molar-refractivity contribution in [3.05, 3.63) is 17.7 Å². The first-order chi connectivity index (χ1) is 10.8. The van der Waals surface area contributed by atoms with E-state index in [4.69, 9.17) is 14.2 Å². The van der Waals surface area contributed by atoms with Gasteiger partial charge in [-0.15, -0.1) is 0 Å². The molecule has 0 saturated carbocycles. The van der Waals surface area contributed by atoms with Crippen molar-refractivity contribution < 1.29 is 28.9 Å². The van der Waals surface area contributed by atoms with Crippen LogP contribution in [0.4, 0.5) is 0 Å². The molecular weight excluding hydrogens is 302 g/mol. The summed E-state index contributed by atoms with van der Waals surface area (Å²) >= 11 is 0. The molecule has 0 saturated heterocycles. The molecule has 0 aliphatic rings. The zero-order valence-corrected chi connectivity index (χ0v) is 14.0. The zero-order chi connectivity index (χ0) is 17.6. The zero-order valence-electron chi connectivity index (χ0n) is 14.0. The molecule has 2 N–H and O–H groups in total. The molecule has 23 heavy (non-hydrogen) atoms. The van der Waals surface area contributed by atoms with E-state index in [1.807, 2.05) is 13.8 Å². The summed E-state index contributed by atoms with van der Waals surface area (Å²) in [4.78, 5) is 23.6. The third-order valence-corrected chi connectivity index (χ3v) is 3.24. The highest BCUT2D eigenvalue weighted by molar-refractivity contribution is 5.97. The predicted molar refractivity (Wildman–Crippen MR) is 84.4 cm³/mol. The number of amides is 1. The molecule has 1 unspecified atom stereocenters. The van der Waals surface area contributed by atoms with E-state index in [2.05, 4.69) is 5.32 Å². The van der Waals surface area contributed by atoms with Gasteiger partial charge >= 0.3 is 5.97 Å². The van der Waals surface area contributed by atoms with E-state index in [1.165, 1.54) is 33.5 Å². The van der Waals surface area contributed by atoms with Crippen LogP contribution in [-0.4, -0.2) is 44.4 Å². The Kier molecular flexibility index (Phi) is 6.68. The van der Waals surface area contributed by atoms with Gasteiger partial charge in [-0.05, 0) is 24.5 Å². The third-order valence-electron chi connectivity index (χ3n) is 3.24. The average Bonchev–Trinajstić information content (AvgIpc) is 2.51. The monoisotopic (exact) mass is 325 g/mol. The van der Waals surface area contributed by atoms with E-state index in [0.29, 0.717) is 23.7 Å². The van der Waals surface area contributed by atoms with E-state index < -0.39 is 17.9 Å². The summed E-state index contributed by atoms with van der Waals surface area (Å²) < 4.78 is 15.6. The maximum absolute atomic E-state index is 12.4. The van der Waals surface area contributed by atoms with Gasteiger partial charge in [0.05, 0.1) is 21.3 Å². The Bertz CT molecular complexity index is 545. The predicted octanol–water partition coefficient (Wildman–Crippen LogP) is 1.94. The van der Waals surface area contributed by atoms with Gasteiger partial charge < -0.3 is 24.6 Å². The molecule has 7 heteroatoms. The number of hydrogen-bond acceptors (Lipinski definition) is 5. The number of aliphatic carboxylic acids is 1. The molecule has 0 aliphatic heterocycles. The Hall–Kier alpha value is -2.44. The van der Waals surface area contributed by atoms with Crippen LogP contribution in [0, 0.1) is 5.92 Å². The Labute approximate surface area is 135 Å². The molecule has 0 spiro atoms. The van der Waals surface area contributed by atoms with E-state index in [-0.39, 0.29) is 11.5 Å². The second-order valence-corrected chi connectivity index (χ2v) is 5.41. The molecule has 0 aromatic heterocycles. The first-order valence-electron chi connectivity index (χ1n) is 7.17. The smallest absolute Gasteiger partial charge is 0.326 e. The number of carbonyl (C=O) groups is 2. The SMILES string of the molecule is COc1cc(C(=O)NC(CC(C)C)C(=O)O)cc(OC)c1OC. The maximum atomic E-state index is 12.4. The fourth-order valence-electron chi connectivity index (χ4n) is 2.15. The maximum Gasteiger partial charge on any atom is 0.326 e. The van der Waals surface area contributed by atoms with Crippen LogP contribution in [-0.2, 0) is 4.79 Å². The first kappa shape index (κ1) is 18.6. The Balaban J connectivity index is 3.09. The van der Waals surface area contributed by atoms with Gasteiger partial charge in [0.25, 0.3) is 5.91 Å². The van der Waals surface area contributed by atoms with E-state index in [1.54, 1.807) is 0 Å². The second-order valence-electron chi connectivity index (χ2n) is 5.41. The summed E-state index contributed by atoms with van der Waals surface area (Å²) in [6.07, 6.45) is 0.339. The van der Waals surface area contributed by atoms with Gasteiger partial charge in [-0.25, -0.2) is 4.79 Å². The molecule has 0 bridgehead atoms. The average molecular weight is 325 g/mol. The van der Waals surface area contributed by atoms with Crippen LogP contribution in [0.5, 0.6) is 17.2 Å². The Morgan fingerprint density at radius 3 is 1.96 bits per heavy atom. The Morgan fingerprint density at radius 2 is 1.61 bits per heavy atom. The molecule has 1 aromatic rings. The highest BCUT2D eigenvalue weighted by Gasteiger charge is 2.23. The summed E-state index contributed by atoms with van der Waals surface area (Å²) in [6.45, 7) is 3.78. The van der Waals surface area contributed by atoms with Gasteiger partial charge in [0.2, 0.25) is 5.75 Å². The van der Waals surface area contributed by atoms with Crippen molar-refractivity contribution in [3.8, 4) is 17.2 Å². The standard InChI is InChI=1S/C16H23NO6/c1-9(2)6-11(16(19)20)17-15(18)10-7-12(21-3)14(23-5)13(8-10)22-4/h7-9,11H,6H2,1-5H3,(H,17,18)(H,19,20). The van der Waals surface area contributed by atoms with Crippen LogP contribution < -0.4 is 19.5 Å². The number of benzene rings is 1. The summed E-state index contributed by atoms with van der Waals surface area (Å²) in [5, 5.41) is 11.7. The number of ether oxygens (including phenoxy) is 3. The molecule has 0 radical (unpaired) electrons. The lowest BCUT2D eigenvalue weighted by Crippen LogP contribution is -2.41. The van der Waals surface area contributed by atoms with Gasteiger partial charge in [0.15, 0.2) is 11.5 Å². The molecule has 0 heterocycles. The molecule has 0 aliphatic carbocycles. The molecule has 1 amide bonds. The van der Waals surface area contributed by atoms with Crippen molar-refractivity contribution in [2.45, 2.75) is 26.3 Å². The van der Waals surface area contributed by atoms with Crippen LogP contribution >= 0.6 is 0 Å². The van der Waals surface area contributed by atoms with Crippen LogP contribution in [0.25, 0.3) is 0 Å². The lowest BCUT2D eigenvalue weighted by Gasteiger charge is -2.18. The fraction of sp³-hybridized carbons (Fsp3) is 0.500. The number of carbonyl (C=O) groups excluding carboxylic acids is 1. The molecular formula is C16H23NO6. The van der Waals surface area contributed by atoms with E-state index in [9.17, 15) is 14.7 Å². The minimum atomic E-state index is -1.07. The van der Waals surface area contributed by atoms with Crippen molar-refractivity contribution in [2.24, 2.45) is 5.92 Å². The number of carboxylic acids is 1. The van der Waals surface area contributed by atoms with Crippen molar-refractivity contribution in [1.82, 2.24) is 5.32 Å². The van der Waals surface area contributed by atoms with Crippen molar-refractivity contribution >= 4 is 11.9 Å². The molecule has 128 valence electrons. The Morgan fingerprint density at radius 1 is 1.09 bits per heavy atom. The van der Waals surface area contributed by atoms with Crippen LogP contribution in [0.1, 0.15) is 30.6 Å². The van der Waals surface area contributed by atoms with Crippen molar-refractivity contribution in [3.63, 3.8) is 0 Å².